The van der Waals surface area contributed by atoms with Gasteiger partial charge < -0.3 is 21.7 Å². The van der Waals surface area contributed by atoms with Crippen molar-refractivity contribution in [1.29, 1.82) is 0 Å². The van der Waals surface area contributed by atoms with E-state index in [1.807, 2.05) is 0 Å². The zero-order valence-corrected chi connectivity index (χ0v) is 9.62. The van der Waals surface area contributed by atoms with Gasteiger partial charge in [0.1, 0.15) is 0 Å². The molecule has 1 aliphatic rings. The van der Waals surface area contributed by atoms with Gasteiger partial charge in [-0.3, -0.25) is 14.4 Å². The second-order valence-corrected chi connectivity index (χ2v) is 3.89. The smallest absolute Gasteiger partial charge is 0.309 e. The number of carbonyl (C=O) groups excluding carboxylic acids is 3. The molecule has 17 heavy (non-hydrogen) atoms. The summed E-state index contributed by atoms with van der Waals surface area (Å²) < 4.78 is 0. The fourth-order valence-corrected chi connectivity index (χ4v) is 1.16. The molecule has 7 heteroatoms. The second kappa shape index (κ2) is 6.85. The van der Waals surface area contributed by atoms with Gasteiger partial charge in [-0.25, -0.2) is 0 Å². The van der Waals surface area contributed by atoms with E-state index in [2.05, 4.69) is 16.0 Å². The molecule has 3 amide bonds. The molecule has 1 aliphatic carbocycles. The van der Waals surface area contributed by atoms with Crippen molar-refractivity contribution in [1.82, 2.24) is 16.0 Å². The van der Waals surface area contributed by atoms with Crippen molar-refractivity contribution in [3.8, 4) is 0 Å². The van der Waals surface area contributed by atoms with Crippen molar-refractivity contribution in [2.75, 3.05) is 19.6 Å². The standard InChI is InChI=1S/C10H18N4O3/c11-4-6-13-10(17)9(16)12-5-3-8(15)14-7-1-2-7/h7H,1-6,11H2,(H,12,16)(H,13,17)(H,14,15). The van der Waals surface area contributed by atoms with Gasteiger partial charge in [0, 0.05) is 32.1 Å². The minimum Gasteiger partial charge on any atom is -0.353 e. The van der Waals surface area contributed by atoms with Crippen LogP contribution in [-0.2, 0) is 14.4 Å². The Bertz CT molecular complexity index is 302. The van der Waals surface area contributed by atoms with Gasteiger partial charge in [0.05, 0.1) is 0 Å². The molecule has 0 radical (unpaired) electrons. The highest BCUT2D eigenvalue weighted by molar-refractivity contribution is 6.35. The van der Waals surface area contributed by atoms with E-state index in [4.69, 9.17) is 5.73 Å². The van der Waals surface area contributed by atoms with E-state index >= 15 is 0 Å². The third-order valence-electron chi connectivity index (χ3n) is 2.22. The summed E-state index contributed by atoms with van der Waals surface area (Å²) in [5.41, 5.74) is 5.17. The van der Waals surface area contributed by atoms with E-state index in [1.54, 1.807) is 0 Å². The van der Waals surface area contributed by atoms with Crippen LogP contribution in [0.2, 0.25) is 0 Å². The van der Waals surface area contributed by atoms with Crippen LogP contribution in [0, 0.1) is 0 Å². The van der Waals surface area contributed by atoms with E-state index in [0.29, 0.717) is 6.04 Å². The SMILES string of the molecule is NCCNC(=O)C(=O)NCCC(=O)NC1CC1. The molecular weight excluding hydrogens is 224 g/mol. The van der Waals surface area contributed by atoms with Crippen molar-refractivity contribution in [3.63, 3.8) is 0 Å². The first-order valence-electron chi connectivity index (χ1n) is 5.69. The maximum atomic E-state index is 11.2. The Labute approximate surface area is 99.5 Å². The summed E-state index contributed by atoms with van der Waals surface area (Å²) in [5.74, 6) is -1.56. The quantitative estimate of drug-likeness (QED) is 0.397. The first-order valence-corrected chi connectivity index (χ1v) is 5.69. The Morgan fingerprint density at radius 3 is 2.18 bits per heavy atom. The Hall–Kier alpha value is -1.63. The third kappa shape index (κ3) is 5.86. The van der Waals surface area contributed by atoms with Gasteiger partial charge in [-0.2, -0.15) is 0 Å². The van der Waals surface area contributed by atoms with Crippen LogP contribution in [0.15, 0.2) is 0 Å². The van der Waals surface area contributed by atoms with E-state index < -0.39 is 11.8 Å². The first kappa shape index (κ1) is 13.4. The number of rotatable bonds is 6. The molecule has 1 rings (SSSR count). The number of nitrogens with one attached hydrogen (secondary N) is 3. The van der Waals surface area contributed by atoms with Gasteiger partial charge >= 0.3 is 11.8 Å². The zero-order chi connectivity index (χ0) is 12.7. The number of amides is 3. The number of hydrogen-bond donors (Lipinski definition) is 4. The monoisotopic (exact) mass is 242 g/mol. The average molecular weight is 242 g/mol. The fraction of sp³-hybridized carbons (Fsp3) is 0.700. The lowest BCUT2D eigenvalue weighted by Gasteiger charge is -2.06. The predicted octanol–water partition coefficient (Wildman–Crippen LogP) is -2.15. The van der Waals surface area contributed by atoms with Gasteiger partial charge in [0.2, 0.25) is 5.91 Å². The van der Waals surface area contributed by atoms with Crippen molar-refractivity contribution >= 4 is 17.7 Å². The van der Waals surface area contributed by atoms with Crippen molar-refractivity contribution in [2.45, 2.75) is 25.3 Å². The van der Waals surface area contributed by atoms with E-state index in [-0.39, 0.29) is 32.0 Å². The van der Waals surface area contributed by atoms with Crippen LogP contribution >= 0.6 is 0 Å². The lowest BCUT2D eigenvalue weighted by Crippen LogP contribution is -2.42. The minimum atomic E-state index is -0.738. The summed E-state index contributed by atoms with van der Waals surface area (Å²) in [6.07, 6.45) is 2.24. The largest absolute Gasteiger partial charge is 0.353 e. The maximum Gasteiger partial charge on any atom is 0.309 e. The average Bonchev–Trinajstić information content (AvgIpc) is 3.09. The highest BCUT2D eigenvalue weighted by Gasteiger charge is 2.23. The van der Waals surface area contributed by atoms with Crippen LogP contribution in [-0.4, -0.2) is 43.4 Å². The molecule has 5 N–H and O–H groups in total. The summed E-state index contributed by atoms with van der Waals surface area (Å²) in [6, 6.07) is 0.311. The van der Waals surface area contributed by atoms with Crippen LogP contribution in [0.25, 0.3) is 0 Å². The first-order chi connectivity index (χ1) is 8.13. The van der Waals surface area contributed by atoms with Gasteiger partial charge in [0.15, 0.2) is 0 Å². The molecule has 0 atom stereocenters. The molecule has 1 saturated carbocycles. The van der Waals surface area contributed by atoms with Crippen LogP contribution < -0.4 is 21.7 Å². The molecule has 0 aliphatic heterocycles. The summed E-state index contributed by atoms with van der Waals surface area (Å²) in [5, 5.41) is 7.48. The molecule has 0 bridgehead atoms. The van der Waals surface area contributed by atoms with Crippen LogP contribution in [0.4, 0.5) is 0 Å². The highest BCUT2D eigenvalue weighted by atomic mass is 16.2. The molecule has 0 spiro atoms. The number of carbonyl (C=O) groups is 3. The predicted molar refractivity (Wildman–Crippen MR) is 60.9 cm³/mol. The molecule has 0 aromatic rings. The van der Waals surface area contributed by atoms with Gasteiger partial charge in [0.25, 0.3) is 0 Å². The molecule has 0 aromatic heterocycles. The lowest BCUT2D eigenvalue weighted by molar-refractivity contribution is -0.139. The topological polar surface area (TPSA) is 113 Å². The summed E-state index contributed by atoms with van der Waals surface area (Å²) in [7, 11) is 0. The molecule has 0 saturated heterocycles. The molecule has 7 nitrogen and oxygen atoms in total. The third-order valence-corrected chi connectivity index (χ3v) is 2.22. The van der Waals surface area contributed by atoms with Crippen molar-refractivity contribution < 1.29 is 14.4 Å². The van der Waals surface area contributed by atoms with Gasteiger partial charge in [-0.15, -0.1) is 0 Å². The Morgan fingerprint density at radius 2 is 1.65 bits per heavy atom. The molecule has 0 aromatic carbocycles. The van der Waals surface area contributed by atoms with Crippen molar-refractivity contribution in [3.05, 3.63) is 0 Å². The number of nitrogens with two attached hydrogens (primary N) is 1. The summed E-state index contributed by atoms with van der Waals surface area (Å²) in [4.78, 5) is 33.5. The van der Waals surface area contributed by atoms with Gasteiger partial charge in [-0.1, -0.05) is 0 Å². The Balaban J connectivity index is 2.05. The highest BCUT2D eigenvalue weighted by Crippen LogP contribution is 2.18. The zero-order valence-electron chi connectivity index (χ0n) is 9.62. The fourth-order valence-electron chi connectivity index (χ4n) is 1.16. The van der Waals surface area contributed by atoms with E-state index in [1.165, 1.54) is 0 Å². The van der Waals surface area contributed by atoms with Crippen LogP contribution in [0.1, 0.15) is 19.3 Å². The Kier molecular flexibility index (Phi) is 5.41. The van der Waals surface area contributed by atoms with Crippen LogP contribution in [0.3, 0.4) is 0 Å². The Morgan fingerprint density at radius 1 is 1.06 bits per heavy atom. The minimum absolute atomic E-state index is 0.102. The summed E-state index contributed by atoms with van der Waals surface area (Å²) in [6.45, 7) is 0.699. The molecule has 0 heterocycles. The van der Waals surface area contributed by atoms with E-state index in [0.717, 1.165) is 12.8 Å². The summed E-state index contributed by atoms with van der Waals surface area (Å²) >= 11 is 0. The lowest BCUT2D eigenvalue weighted by atomic mass is 10.4. The molecular formula is C10H18N4O3. The normalized spacial score (nSPS) is 13.9. The van der Waals surface area contributed by atoms with E-state index in [9.17, 15) is 14.4 Å². The van der Waals surface area contributed by atoms with Gasteiger partial charge in [-0.05, 0) is 12.8 Å². The molecule has 0 unspecified atom stereocenters. The van der Waals surface area contributed by atoms with Crippen molar-refractivity contribution in [2.24, 2.45) is 5.73 Å². The molecule has 1 fully saturated rings. The van der Waals surface area contributed by atoms with Crippen LogP contribution in [0.5, 0.6) is 0 Å². The second-order valence-electron chi connectivity index (χ2n) is 3.89. The maximum absolute atomic E-state index is 11.2. The molecule has 96 valence electrons. The number of hydrogen-bond acceptors (Lipinski definition) is 4.